The first-order valence-electron chi connectivity index (χ1n) is 7.46. The highest BCUT2D eigenvalue weighted by Gasteiger charge is 2.40. The van der Waals surface area contributed by atoms with E-state index in [1.807, 2.05) is 54.6 Å². The molecular formula is C18H20ClNO. The van der Waals surface area contributed by atoms with Gasteiger partial charge in [0.1, 0.15) is 5.60 Å². The smallest absolute Gasteiger partial charge is 0.117 e. The normalized spacial score (nSPS) is 19.1. The standard InChI is InChI=1S/C18H20ClNO/c19-17-8-6-15(7-9-17)18(21,14-4-2-1-3-5-14)16-10-12-20-13-11-16/h1-9,16,20-21H,10-13H2. The fourth-order valence-corrected chi connectivity index (χ4v) is 3.40. The largest absolute Gasteiger partial charge is 0.380 e. The predicted octanol–water partition coefficient (Wildman–Crippen LogP) is 3.58. The third kappa shape index (κ3) is 2.84. The number of hydrogen-bond donors (Lipinski definition) is 2. The molecular weight excluding hydrogens is 282 g/mol. The third-order valence-electron chi connectivity index (χ3n) is 4.43. The molecule has 3 heteroatoms. The van der Waals surface area contributed by atoms with Gasteiger partial charge in [-0.05, 0) is 55.1 Å². The molecule has 0 spiro atoms. The third-order valence-corrected chi connectivity index (χ3v) is 4.68. The summed E-state index contributed by atoms with van der Waals surface area (Å²) in [4.78, 5) is 0. The molecule has 2 aromatic carbocycles. The summed E-state index contributed by atoms with van der Waals surface area (Å²) in [5.74, 6) is 0.210. The van der Waals surface area contributed by atoms with Crippen LogP contribution in [0.25, 0.3) is 0 Å². The molecule has 0 saturated carbocycles. The van der Waals surface area contributed by atoms with Crippen LogP contribution in [0.3, 0.4) is 0 Å². The molecule has 2 N–H and O–H groups in total. The Morgan fingerprint density at radius 1 is 0.905 bits per heavy atom. The molecule has 3 rings (SSSR count). The molecule has 1 aliphatic heterocycles. The maximum atomic E-state index is 11.6. The zero-order valence-corrected chi connectivity index (χ0v) is 12.7. The molecule has 2 aromatic rings. The number of aliphatic hydroxyl groups is 1. The van der Waals surface area contributed by atoms with Crippen molar-refractivity contribution in [3.63, 3.8) is 0 Å². The van der Waals surface area contributed by atoms with Gasteiger partial charge in [-0.25, -0.2) is 0 Å². The Morgan fingerprint density at radius 2 is 1.48 bits per heavy atom. The van der Waals surface area contributed by atoms with Crippen molar-refractivity contribution in [2.45, 2.75) is 18.4 Å². The van der Waals surface area contributed by atoms with Crippen LogP contribution in [-0.2, 0) is 5.60 Å². The van der Waals surface area contributed by atoms with Gasteiger partial charge in [-0.3, -0.25) is 0 Å². The number of benzene rings is 2. The molecule has 1 saturated heterocycles. The van der Waals surface area contributed by atoms with Gasteiger partial charge in [-0.15, -0.1) is 0 Å². The van der Waals surface area contributed by atoms with E-state index in [4.69, 9.17) is 11.6 Å². The van der Waals surface area contributed by atoms with E-state index in [0.29, 0.717) is 5.02 Å². The van der Waals surface area contributed by atoms with Gasteiger partial charge >= 0.3 is 0 Å². The highest BCUT2D eigenvalue weighted by molar-refractivity contribution is 6.30. The summed E-state index contributed by atoms with van der Waals surface area (Å²) in [5, 5.41) is 15.7. The van der Waals surface area contributed by atoms with Crippen LogP contribution in [0.15, 0.2) is 54.6 Å². The molecule has 21 heavy (non-hydrogen) atoms. The topological polar surface area (TPSA) is 32.3 Å². The van der Waals surface area contributed by atoms with Crippen molar-refractivity contribution in [1.29, 1.82) is 0 Å². The summed E-state index contributed by atoms with van der Waals surface area (Å²) < 4.78 is 0. The van der Waals surface area contributed by atoms with Crippen LogP contribution < -0.4 is 5.32 Å². The molecule has 0 aromatic heterocycles. The number of hydrogen-bond acceptors (Lipinski definition) is 2. The van der Waals surface area contributed by atoms with E-state index >= 15 is 0 Å². The fraction of sp³-hybridized carbons (Fsp3) is 0.333. The summed E-state index contributed by atoms with van der Waals surface area (Å²) in [6.45, 7) is 1.90. The molecule has 0 bridgehead atoms. The van der Waals surface area contributed by atoms with Crippen LogP contribution >= 0.6 is 11.6 Å². The van der Waals surface area contributed by atoms with Crippen LogP contribution in [0.2, 0.25) is 5.02 Å². The Morgan fingerprint density at radius 3 is 2.10 bits per heavy atom. The lowest BCUT2D eigenvalue weighted by Crippen LogP contribution is -2.42. The van der Waals surface area contributed by atoms with Crippen molar-refractivity contribution in [2.75, 3.05) is 13.1 Å². The zero-order valence-electron chi connectivity index (χ0n) is 11.9. The molecule has 1 fully saturated rings. The highest BCUT2D eigenvalue weighted by Crippen LogP contribution is 2.41. The summed E-state index contributed by atoms with van der Waals surface area (Å²) in [6.07, 6.45) is 1.93. The number of halogens is 1. The quantitative estimate of drug-likeness (QED) is 0.908. The van der Waals surface area contributed by atoms with Gasteiger partial charge in [0.25, 0.3) is 0 Å². The maximum Gasteiger partial charge on any atom is 0.117 e. The lowest BCUT2D eigenvalue weighted by atomic mass is 9.72. The Kier molecular flexibility index (Phi) is 4.29. The average Bonchev–Trinajstić information content (AvgIpc) is 2.56. The number of rotatable bonds is 3. The first-order chi connectivity index (χ1) is 10.2. The monoisotopic (exact) mass is 301 g/mol. The van der Waals surface area contributed by atoms with E-state index in [0.717, 1.165) is 37.1 Å². The van der Waals surface area contributed by atoms with Crippen LogP contribution in [0.4, 0.5) is 0 Å². The van der Waals surface area contributed by atoms with E-state index in [9.17, 15) is 5.11 Å². The van der Waals surface area contributed by atoms with Gasteiger partial charge in [0.05, 0.1) is 0 Å². The molecule has 1 aliphatic rings. The van der Waals surface area contributed by atoms with Crippen LogP contribution in [-0.4, -0.2) is 18.2 Å². The summed E-state index contributed by atoms with van der Waals surface area (Å²) in [5.41, 5.74) is 0.928. The lowest BCUT2D eigenvalue weighted by molar-refractivity contribution is 0.00236. The minimum atomic E-state index is -0.950. The highest BCUT2D eigenvalue weighted by atomic mass is 35.5. The van der Waals surface area contributed by atoms with Crippen molar-refractivity contribution in [1.82, 2.24) is 5.32 Å². The summed E-state index contributed by atoms with van der Waals surface area (Å²) in [7, 11) is 0. The zero-order chi connectivity index (χ0) is 14.7. The minimum absolute atomic E-state index is 0.210. The first-order valence-corrected chi connectivity index (χ1v) is 7.83. The van der Waals surface area contributed by atoms with E-state index in [2.05, 4.69) is 5.32 Å². The minimum Gasteiger partial charge on any atom is -0.380 e. The van der Waals surface area contributed by atoms with Gasteiger partial charge < -0.3 is 10.4 Å². The molecule has 2 nitrogen and oxygen atoms in total. The van der Waals surface area contributed by atoms with Crippen LogP contribution in [0.5, 0.6) is 0 Å². The van der Waals surface area contributed by atoms with Gasteiger partial charge in [-0.1, -0.05) is 54.1 Å². The molecule has 1 atom stereocenters. The second-order valence-corrected chi connectivity index (χ2v) is 6.10. The van der Waals surface area contributed by atoms with Gasteiger partial charge in [-0.2, -0.15) is 0 Å². The van der Waals surface area contributed by atoms with Crippen molar-refractivity contribution < 1.29 is 5.11 Å². The SMILES string of the molecule is OC(c1ccccc1)(c1ccc(Cl)cc1)C1CCNCC1. The Hall–Kier alpha value is -1.35. The van der Waals surface area contributed by atoms with Gasteiger partial charge in [0.15, 0.2) is 0 Å². The van der Waals surface area contributed by atoms with E-state index in [1.165, 1.54) is 0 Å². The van der Waals surface area contributed by atoms with Crippen LogP contribution in [0, 0.1) is 5.92 Å². The Bertz CT molecular complexity index is 578. The van der Waals surface area contributed by atoms with Crippen LogP contribution in [0.1, 0.15) is 24.0 Å². The molecule has 0 aliphatic carbocycles. The fourth-order valence-electron chi connectivity index (χ4n) is 3.27. The van der Waals surface area contributed by atoms with Gasteiger partial charge in [0.2, 0.25) is 0 Å². The van der Waals surface area contributed by atoms with Crippen molar-refractivity contribution in [3.05, 3.63) is 70.7 Å². The second-order valence-electron chi connectivity index (χ2n) is 5.66. The summed E-state index contributed by atoms with van der Waals surface area (Å²) in [6, 6.07) is 17.6. The molecule has 110 valence electrons. The Labute approximate surface area is 130 Å². The van der Waals surface area contributed by atoms with E-state index < -0.39 is 5.60 Å². The second kappa shape index (κ2) is 6.18. The number of piperidine rings is 1. The summed E-state index contributed by atoms with van der Waals surface area (Å²) >= 11 is 6.00. The molecule has 0 radical (unpaired) electrons. The molecule has 1 heterocycles. The molecule has 1 unspecified atom stereocenters. The van der Waals surface area contributed by atoms with E-state index in [1.54, 1.807) is 0 Å². The Balaban J connectivity index is 2.07. The average molecular weight is 302 g/mol. The number of nitrogens with one attached hydrogen (secondary N) is 1. The van der Waals surface area contributed by atoms with E-state index in [-0.39, 0.29) is 5.92 Å². The van der Waals surface area contributed by atoms with Gasteiger partial charge in [0, 0.05) is 5.02 Å². The molecule has 0 amide bonds. The lowest BCUT2D eigenvalue weighted by Gasteiger charge is -2.39. The first kappa shape index (κ1) is 14.6. The maximum absolute atomic E-state index is 11.6. The predicted molar refractivity (Wildman–Crippen MR) is 86.5 cm³/mol. The van der Waals surface area contributed by atoms with Crippen molar-refractivity contribution >= 4 is 11.6 Å². The van der Waals surface area contributed by atoms with Crippen molar-refractivity contribution in [3.8, 4) is 0 Å². The van der Waals surface area contributed by atoms with Crippen molar-refractivity contribution in [2.24, 2.45) is 5.92 Å².